The lowest BCUT2D eigenvalue weighted by Crippen LogP contribution is -2.35. The molecule has 2 aromatic carbocycles. The Labute approximate surface area is 145 Å². The van der Waals surface area contributed by atoms with Crippen molar-refractivity contribution in [2.75, 3.05) is 13.7 Å². The molecule has 1 aliphatic rings. The van der Waals surface area contributed by atoms with E-state index in [1.807, 2.05) is 42.5 Å². The third-order valence-electron chi connectivity index (χ3n) is 4.42. The summed E-state index contributed by atoms with van der Waals surface area (Å²) >= 11 is 3.48. The number of halogens is 1. The molecule has 1 N–H and O–H groups in total. The zero-order valence-corrected chi connectivity index (χ0v) is 14.7. The smallest absolute Gasteiger partial charge is 0.230 e. The van der Waals surface area contributed by atoms with E-state index in [-0.39, 0.29) is 11.3 Å². The lowest BCUT2D eigenvalue weighted by atomic mass is 9.95. The molecule has 23 heavy (non-hydrogen) atoms. The lowest BCUT2D eigenvalue weighted by Gasteiger charge is -2.16. The molecule has 0 bridgehead atoms. The highest BCUT2D eigenvalue weighted by molar-refractivity contribution is 9.10. The van der Waals surface area contributed by atoms with E-state index in [2.05, 4.69) is 27.3 Å². The van der Waals surface area contributed by atoms with Gasteiger partial charge in [0.05, 0.1) is 12.5 Å². The maximum Gasteiger partial charge on any atom is 0.230 e. The average Bonchev–Trinajstić information content (AvgIpc) is 3.37. The second kappa shape index (κ2) is 6.75. The van der Waals surface area contributed by atoms with Gasteiger partial charge in [0.25, 0.3) is 0 Å². The van der Waals surface area contributed by atoms with E-state index in [4.69, 9.17) is 4.74 Å². The molecule has 0 radical (unpaired) electrons. The van der Waals surface area contributed by atoms with Gasteiger partial charge in [-0.15, -0.1) is 0 Å². The second-order valence-corrected chi connectivity index (χ2v) is 6.86. The van der Waals surface area contributed by atoms with Gasteiger partial charge in [0.15, 0.2) is 0 Å². The van der Waals surface area contributed by atoms with Crippen LogP contribution in [0.4, 0.5) is 0 Å². The predicted octanol–water partition coefficient (Wildman–Crippen LogP) is 3.85. The first-order valence-electron chi connectivity index (χ1n) is 7.81. The summed E-state index contributed by atoms with van der Waals surface area (Å²) in [7, 11) is 1.66. The van der Waals surface area contributed by atoms with Crippen LogP contribution in [-0.4, -0.2) is 19.6 Å². The molecule has 0 heterocycles. The van der Waals surface area contributed by atoms with Crippen LogP contribution in [0.3, 0.4) is 0 Å². The largest absolute Gasteiger partial charge is 0.497 e. The van der Waals surface area contributed by atoms with Crippen molar-refractivity contribution in [3.05, 3.63) is 64.1 Å². The first-order valence-corrected chi connectivity index (χ1v) is 8.61. The van der Waals surface area contributed by atoms with Gasteiger partial charge in [0, 0.05) is 11.0 Å². The minimum atomic E-state index is -0.316. The maximum atomic E-state index is 12.6. The molecular weight excluding hydrogens is 354 g/mol. The van der Waals surface area contributed by atoms with Crippen molar-refractivity contribution in [1.29, 1.82) is 0 Å². The first kappa shape index (κ1) is 16.1. The Morgan fingerprint density at radius 1 is 1.22 bits per heavy atom. The van der Waals surface area contributed by atoms with Gasteiger partial charge in [-0.25, -0.2) is 0 Å². The van der Waals surface area contributed by atoms with E-state index in [1.165, 1.54) is 5.56 Å². The fraction of sp³-hybridized carbons (Fsp3) is 0.316. The molecular formula is C19H20BrNO2. The zero-order valence-electron chi connectivity index (χ0n) is 13.1. The molecule has 0 spiro atoms. The molecule has 3 nitrogen and oxygen atoms in total. The highest BCUT2D eigenvalue weighted by Crippen LogP contribution is 2.48. The van der Waals surface area contributed by atoms with Gasteiger partial charge in [0.2, 0.25) is 5.91 Å². The van der Waals surface area contributed by atoms with Gasteiger partial charge < -0.3 is 10.1 Å². The van der Waals surface area contributed by atoms with Crippen LogP contribution in [0.5, 0.6) is 5.75 Å². The van der Waals surface area contributed by atoms with Crippen molar-refractivity contribution in [2.24, 2.45) is 0 Å². The first-order chi connectivity index (χ1) is 11.1. The summed E-state index contributed by atoms with van der Waals surface area (Å²) in [5.74, 6) is 0.994. The summed E-state index contributed by atoms with van der Waals surface area (Å²) in [5, 5.41) is 3.09. The molecule has 120 valence electrons. The Bertz CT molecular complexity index is 693. The molecule has 1 saturated carbocycles. The van der Waals surface area contributed by atoms with Crippen molar-refractivity contribution in [1.82, 2.24) is 5.32 Å². The summed E-state index contributed by atoms with van der Waals surface area (Å²) in [5.41, 5.74) is 1.98. The Balaban J connectivity index is 1.57. The quantitative estimate of drug-likeness (QED) is 0.834. The van der Waals surface area contributed by atoms with Gasteiger partial charge in [-0.1, -0.05) is 40.2 Å². The van der Waals surface area contributed by atoms with E-state index in [9.17, 15) is 4.79 Å². The normalized spacial score (nSPS) is 15.0. The Morgan fingerprint density at radius 2 is 1.96 bits per heavy atom. The van der Waals surface area contributed by atoms with E-state index < -0.39 is 0 Å². The number of nitrogens with one attached hydrogen (secondary N) is 1. The molecule has 1 fully saturated rings. The standard InChI is InChI=1S/C19H20BrNO2/c1-23-17-7-5-14(6-8-17)9-12-21-18(22)19(10-11-19)15-3-2-4-16(20)13-15/h2-8,13H,9-12H2,1H3,(H,21,22). The molecule has 0 unspecified atom stereocenters. The zero-order chi connectivity index (χ0) is 16.3. The van der Waals surface area contributed by atoms with E-state index in [0.717, 1.165) is 35.0 Å². The molecule has 0 aliphatic heterocycles. The summed E-state index contributed by atoms with van der Waals surface area (Å²) in [6.45, 7) is 0.654. The minimum absolute atomic E-state index is 0.143. The molecule has 2 aromatic rings. The summed E-state index contributed by atoms with van der Waals surface area (Å²) in [6, 6.07) is 16.0. The fourth-order valence-electron chi connectivity index (χ4n) is 2.84. The number of methoxy groups -OCH3 is 1. The molecule has 4 heteroatoms. The summed E-state index contributed by atoms with van der Waals surface area (Å²) < 4.78 is 6.17. The fourth-order valence-corrected chi connectivity index (χ4v) is 3.24. The van der Waals surface area contributed by atoms with Crippen molar-refractivity contribution < 1.29 is 9.53 Å². The van der Waals surface area contributed by atoms with Crippen LogP contribution in [0.15, 0.2) is 53.0 Å². The van der Waals surface area contributed by atoms with Crippen molar-refractivity contribution >= 4 is 21.8 Å². The van der Waals surface area contributed by atoms with Gasteiger partial charge >= 0.3 is 0 Å². The Kier molecular flexibility index (Phi) is 4.71. The molecule has 0 atom stereocenters. The minimum Gasteiger partial charge on any atom is -0.497 e. The lowest BCUT2D eigenvalue weighted by molar-refractivity contribution is -0.123. The van der Waals surface area contributed by atoms with Crippen LogP contribution in [0.1, 0.15) is 24.0 Å². The van der Waals surface area contributed by atoms with Crippen molar-refractivity contribution in [2.45, 2.75) is 24.7 Å². The third-order valence-corrected chi connectivity index (χ3v) is 4.91. The van der Waals surface area contributed by atoms with Crippen LogP contribution in [0.25, 0.3) is 0 Å². The summed E-state index contributed by atoms with van der Waals surface area (Å²) in [4.78, 5) is 12.6. The number of hydrogen-bond donors (Lipinski definition) is 1. The van der Waals surface area contributed by atoms with Gasteiger partial charge in [0.1, 0.15) is 5.75 Å². The Morgan fingerprint density at radius 3 is 2.57 bits per heavy atom. The molecule has 3 rings (SSSR count). The Hall–Kier alpha value is -1.81. The number of hydrogen-bond acceptors (Lipinski definition) is 2. The highest BCUT2D eigenvalue weighted by atomic mass is 79.9. The van der Waals surface area contributed by atoms with Crippen molar-refractivity contribution in [3.63, 3.8) is 0 Å². The van der Waals surface area contributed by atoms with E-state index in [0.29, 0.717) is 6.54 Å². The summed E-state index contributed by atoms with van der Waals surface area (Å²) in [6.07, 6.45) is 2.68. The van der Waals surface area contributed by atoms with Gasteiger partial charge in [-0.2, -0.15) is 0 Å². The van der Waals surface area contributed by atoms with Crippen LogP contribution >= 0.6 is 15.9 Å². The topological polar surface area (TPSA) is 38.3 Å². The van der Waals surface area contributed by atoms with Crippen molar-refractivity contribution in [3.8, 4) is 5.75 Å². The number of ether oxygens (including phenoxy) is 1. The average molecular weight is 374 g/mol. The second-order valence-electron chi connectivity index (χ2n) is 5.95. The third kappa shape index (κ3) is 3.58. The molecule has 1 aliphatic carbocycles. The number of benzene rings is 2. The number of rotatable bonds is 6. The van der Waals surface area contributed by atoms with Gasteiger partial charge in [-0.05, 0) is 54.7 Å². The monoisotopic (exact) mass is 373 g/mol. The number of carbonyl (C=O) groups is 1. The molecule has 1 amide bonds. The van der Waals surface area contributed by atoms with Crippen LogP contribution < -0.4 is 10.1 Å². The number of amides is 1. The SMILES string of the molecule is COc1ccc(CCNC(=O)C2(c3cccc(Br)c3)CC2)cc1. The predicted molar refractivity (Wildman–Crippen MR) is 94.8 cm³/mol. The van der Waals surface area contributed by atoms with Gasteiger partial charge in [-0.3, -0.25) is 4.79 Å². The number of carbonyl (C=O) groups excluding carboxylic acids is 1. The molecule has 0 saturated heterocycles. The van der Waals surface area contributed by atoms with Crippen LogP contribution in [-0.2, 0) is 16.6 Å². The van der Waals surface area contributed by atoms with E-state index >= 15 is 0 Å². The van der Waals surface area contributed by atoms with Crippen LogP contribution in [0, 0.1) is 0 Å². The van der Waals surface area contributed by atoms with Crippen LogP contribution in [0.2, 0.25) is 0 Å². The maximum absolute atomic E-state index is 12.6. The van der Waals surface area contributed by atoms with E-state index in [1.54, 1.807) is 7.11 Å². The highest BCUT2D eigenvalue weighted by Gasteiger charge is 2.51. The molecule has 0 aromatic heterocycles.